The summed E-state index contributed by atoms with van der Waals surface area (Å²) >= 11 is 14.2. The van der Waals surface area contributed by atoms with E-state index in [1.54, 1.807) is 0 Å². The number of halogens is 2. The van der Waals surface area contributed by atoms with E-state index in [9.17, 15) is 5.11 Å². The average Bonchev–Trinajstić information content (AvgIpc) is 2.64. The van der Waals surface area contributed by atoms with Crippen LogP contribution in [0.15, 0.2) is 48.5 Å². The molecule has 3 atom stereocenters. The Hall–Kier alpha value is -0.710. The van der Waals surface area contributed by atoms with Gasteiger partial charge < -0.3 is 10.4 Å². The fourth-order valence-corrected chi connectivity index (χ4v) is 4.43. The topological polar surface area (TPSA) is 32.3 Å². The predicted octanol–water partition coefficient (Wildman–Crippen LogP) is 7.06. The van der Waals surface area contributed by atoms with Gasteiger partial charge in [0.05, 0.1) is 12.1 Å². The van der Waals surface area contributed by atoms with Crippen molar-refractivity contribution >= 4 is 35.0 Å². The minimum Gasteiger partial charge on any atom is -0.386 e. The normalized spacial score (nSPS) is 15.2. The number of nitrogens with one attached hydrogen (secondary N) is 1. The molecule has 0 aliphatic carbocycles. The Balaban J connectivity index is 2.21. The maximum atomic E-state index is 11.2. The molecule has 0 fully saturated rings. The van der Waals surface area contributed by atoms with E-state index in [0.29, 0.717) is 16.1 Å². The number of hydrogen-bond donors (Lipinski definition) is 2. The molecule has 2 aromatic rings. The van der Waals surface area contributed by atoms with Gasteiger partial charge in [0.2, 0.25) is 0 Å². The van der Waals surface area contributed by atoms with E-state index in [0.717, 1.165) is 29.7 Å². The van der Waals surface area contributed by atoms with E-state index in [4.69, 9.17) is 23.2 Å². The summed E-state index contributed by atoms with van der Waals surface area (Å²) in [7, 11) is 0. The zero-order valence-electron chi connectivity index (χ0n) is 17.1. The lowest BCUT2D eigenvalue weighted by atomic mass is 9.94. The van der Waals surface area contributed by atoms with E-state index in [1.807, 2.05) is 60.3 Å². The Morgan fingerprint density at radius 1 is 1.00 bits per heavy atom. The average molecular weight is 440 g/mol. The van der Waals surface area contributed by atoms with Crippen molar-refractivity contribution in [1.82, 2.24) is 5.32 Å². The number of aliphatic hydroxyl groups excluding tert-OH is 1. The summed E-state index contributed by atoms with van der Waals surface area (Å²) in [6.07, 6.45) is 1.34. The smallest absolute Gasteiger partial charge is 0.0985 e. The van der Waals surface area contributed by atoms with Crippen molar-refractivity contribution in [2.45, 2.75) is 63.5 Å². The van der Waals surface area contributed by atoms with E-state index in [2.05, 4.69) is 33.0 Å². The van der Waals surface area contributed by atoms with Crippen molar-refractivity contribution in [3.8, 4) is 0 Å². The largest absolute Gasteiger partial charge is 0.386 e. The molecule has 2 nitrogen and oxygen atoms in total. The molecule has 0 aliphatic rings. The van der Waals surface area contributed by atoms with Crippen LogP contribution < -0.4 is 5.32 Å². The van der Waals surface area contributed by atoms with Gasteiger partial charge in [-0.2, -0.15) is 11.8 Å². The standard InChI is InChI=1S/C23H31Cl2NOS/c1-5-20(13-14-28-23(2,3)4)26-21(16-9-11-18(24)12-10-16)22(27)17-7-6-8-19(25)15-17/h6-12,15,20-22,26-27H,5,13-14H2,1-4H3. The third-order valence-corrected chi connectivity index (χ3v) is 6.44. The third kappa shape index (κ3) is 7.61. The lowest BCUT2D eigenvalue weighted by molar-refractivity contribution is 0.120. The maximum Gasteiger partial charge on any atom is 0.0985 e. The molecule has 0 radical (unpaired) electrons. The summed E-state index contributed by atoms with van der Waals surface area (Å²) in [6.45, 7) is 8.91. The first-order valence-electron chi connectivity index (χ1n) is 9.78. The van der Waals surface area contributed by atoms with Gasteiger partial charge in [-0.25, -0.2) is 0 Å². The van der Waals surface area contributed by atoms with E-state index < -0.39 is 6.10 Å². The highest BCUT2D eigenvalue weighted by molar-refractivity contribution is 8.00. The highest BCUT2D eigenvalue weighted by atomic mass is 35.5. The molecule has 0 amide bonds. The molecule has 154 valence electrons. The molecule has 2 rings (SSSR count). The Morgan fingerprint density at radius 3 is 2.25 bits per heavy atom. The second kappa shape index (κ2) is 10.9. The highest BCUT2D eigenvalue weighted by Gasteiger charge is 2.25. The molecule has 0 aliphatic heterocycles. The minimum atomic E-state index is -0.704. The van der Waals surface area contributed by atoms with Crippen LogP contribution in [0.1, 0.15) is 63.8 Å². The fourth-order valence-electron chi connectivity index (χ4n) is 3.09. The summed E-state index contributed by atoms with van der Waals surface area (Å²) in [5.74, 6) is 1.08. The van der Waals surface area contributed by atoms with Crippen molar-refractivity contribution in [3.05, 3.63) is 69.7 Å². The summed E-state index contributed by atoms with van der Waals surface area (Å²) in [5.41, 5.74) is 1.82. The van der Waals surface area contributed by atoms with Crippen molar-refractivity contribution in [1.29, 1.82) is 0 Å². The van der Waals surface area contributed by atoms with Crippen LogP contribution in [0.25, 0.3) is 0 Å². The highest BCUT2D eigenvalue weighted by Crippen LogP contribution is 2.32. The Labute approximate surface area is 184 Å². The van der Waals surface area contributed by atoms with Crippen molar-refractivity contribution in [2.75, 3.05) is 5.75 Å². The molecule has 2 aromatic carbocycles. The molecule has 28 heavy (non-hydrogen) atoms. The molecule has 0 bridgehead atoms. The van der Waals surface area contributed by atoms with Crippen LogP contribution in [0.3, 0.4) is 0 Å². The molecule has 3 unspecified atom stereocenters. The van der Waals surface area contributed by atoms with Gasteiger partial charge in [-0.3, -0.25) is 0 Å². The lowest BCUT2D eigenvalue weighted by Crippen LogP contribution is -2.36. The quantitative estimate of drug-likeness (QED) is 0.438. The third-order valence-electron chi connectivity index (χ3n) is 4.64. The summed E-state index contributed by atoms with van der Waals surface area (Å²) in [5, 5.41) is 16.2. The molecule has 0 saturated heterocycles. The Morgan fingerprint density at radius 2 is 1.68 bits per heavy atom. The van der Waals surface area contributed by atoms with Crippen LogP contribution in [0.4, 0.5) is 0 Å². The summed E-state index contributed by atoms with van der Waals surface area (Å²) < 4.78 is 0.258. The lowest BCUT2D eigenvalue weighted by Gasteiger charge is -2.30. The summed E-state index contributed by atoms with van der Waals surface area (Å²) in [4.78, 5) is 0. The van der Waals surface area contributed by atoms with Crippen molar-refractivity contribution < 1.29 is 5.11 Å². The van der Waals surface area contributed by atoms with Crippen LogP contribution in [-0.2, 0) is 0 Å². The zero-order valence-corrected chi connectivity index (χ0v) is 19.4. The maximum absolute atomic E-state index is 11.2. The first-order chi connectivity index (χ1) is 13.2. The van der Waals surface area contributed by atoms with E-state index in [1.165, 1.54) is 0 Å². The SMILES string of the molecule is CCC(CCSC(C)(C)C)NC(c1ccc(Cl)cc1)C(O)c1cccc(Cl)c1. The van der Waals surface area contributed by atoms with E-state index in [-0.39, 0.29) is 10.8 Å². The monoisotopic (exact) mass is 439 g/mol. The Kier molecular flexibility index (Phi) is 9.17. The van der Waals surface area contributed by atoms with Crippen LogP contribution in [0.2, 0.25) is 10.0 Å². The predicted molar refractivity (Wildman–Crippen MR) is 125 cm³/mol. The zero-order chi connectivity index (χ0) is 20.7. The number of aliphatic hydroxyl groups is 1. The van der Waals surface area contributed by atoms with Crippen LogP contribution in [0.5, 0.6) is 0 Å². The van der Waals surface area contributed by atoms with Gasteiger partial charge in [0, 0.05) is 20.8 Å². The van der Waals surface area contributed by atoms with E-state index >= 15 is 0 Å². The van der Waals surface area contributed by atoms with Gasteiger partial charge in [0.25, 0.3) is 0 Å². The number of hydrogen-bond acceptors (Lipinski definition) is 3. The van der Waals surface area contributed by atoms with Gasteiger partial charge in [-0.15, -0.1) is 0 Å². The molecule has 5 heteroatoms. The number of benzene rings is 2. The van der Waals surface area contributed by atoms with Gasteiger partial charge in [0.15, 0.2) is 0 Å². The molecular weight excluding hydrogens is 409 g/mol. The molecule has 0 saturated carbocycles. The summed E-state index contributed by atoms with van der Waals surface area (Å²) in [6, 6.07) is 15.2. The van der Waals surface area contributed by atoms with Crippen LogP contribution >= 0.6 is 35.0 Å². The molecule has 0 heterocycles. The van der Waals surface area contributed by atoms with Gasteiger partial charge in [-0.05, 0) is 54.0 Å². The fraction of sp³-hybridized carbons (Fsp3) is 0.478. The Bertz CT molecular complexity index is 730. The van der Waals surface area contributed by atoms with Gasteiger partial charge in [-0.1, -0.05) is 75.2 Å². The molecule has 0 spiro atoms. The second-order valence-electron chi connectivity index (χ2n) is 8.05. The van der Waals surface area contributed by atoms with Gasteiger partial charge >= 0.3 is 0 Å². The number of rotatable bonds is 9. The van der Waals surface area contributed by atoms with Crippen LogP contribution in [0, 0.1) is 0 Å². The minimum absolute atomic E-state index is 0.236. The number of thioether (sulfide) groups is 1. The second-order valence-corrected chi connectivity index (χ2v) is 10.8. The van der Waals surface area contributed by atoms with Crippen molar-refractivity contribution in [2.24, 2.45) is 0 Å². The molecule has 2 N–H and O–H groups in total. The molecule has 0 aromatic heterocycles. The van der Waals surface area contributed by atoms with Crippen molar-refractivity contribution in [3.63, 3.8) is 0 Å². The first-order valence-corrected chi connectivity index (χ1v) is 11.5. The first kappa shape index (κ1) is 23.6. The van der Waals surface area contributed by atoms with Crippen LogP contribution in [-0.4, -0.2) is 21.6 Å². The van der Waals surface area contributed by atoms with Gasteiger partial charge in [0.1, 0.15) is 0 Å². The molecular formula is C23H31Cl2NOS.